The largest absolute Gasteiger partial charge is 0.302 e. The van der Waals surface area contributed by atoms with Gasteiger partial charge >= 0.3 is 0 Å². The maximum Gasteiger partial charge on any atom is 0.130 e. The second-order valence-electron chi connectivity index (χ2n) is 0.197. The fourth-order valence-electron chi connectivity index (χ4n) is 0. The number of hydrogen-bond donors (Lipinski definition) is 0. The van der Waals surface area contributed by atoms with E-state index in [1.807, 2.05) is 0 Å². The first kappa shape index (κ1) is 1.09. The third-order valence-electron chi connectivity index (χ3n) is 0.0386. The molecule has 0 saturated heterocycles. The van der Waals surface area contributed by atoms with Crippen LogP contribution in [0.3, 0.4) is 0 Å². The molecule has 0 aromatic heterocycles. The predicted octanol–water partition coefficient (Wildman–Crippen LogP) is 0.580. The van der Waals surface area contributed by atoms with E-state index in [-0.39, 0.29) is 0 Å². The van der Waals surface area contributed by atoms with Crippen LogP contribution in [0.2, 0.25) is 0 Å². The minimum absolute atomic E-state index is 1.26. The van der Waals surface area contributed by atoms with Crippen LogP contribution in [0.15, 0.2) is 0 Å². The van der Waals surface area contributed by atoms with Gasteiger partial charge < -0.3 is 4.79 Å². The van der Waals surface area contributed by atoms with E-state index < -0.39 is 11.5 Å². The fraction of sp³-hybridized carbons (Fsp3) is 0.500. The molecule has 0 rings (SSSR count). The number of aldehydes is 1. The van der Waals surface area contributed by atoms with E-state index in [2.05, 4.69) is 15.9 Å². The van der Waals surface area contributed by atoms with Gasteiger partial charge in [-0.1, -0.05) is 15.9 Å². The molecule has 0 aromatic rings. The molecule has 0 radical (unpaired) electrons. The Labute approximate surface area is 37.3 Å². The van der Waals surface area contributed by atoms with Crippen molar-refractivity contribution in [3.8, 4) is 0 Å². The zero-order chi connectivity index (χ0) is 6.08. The van der Waals surface area contributed by atoms with Gasteiger partial charge in [-0.2, -0.15) is 0 Å². The van der Waals surface area contributed by atoms with E-state index in [0.717, 1.165) is 0 Å². The molecule has 0 fully saturated rings. The Morgan fingerprint density at radius 1 is 2.75 bits per heavy atom. The van der Waals surface area contributed by atoms with Gasteiger partial charge in [-0.3, -0.25) is 0 Å². The molecule has 0 unspecified atom stereocenters. The minimum Gasteiger partial charge on any atom is -0.302 e. The Kier molecular flexibility index (Phi) is 0.857. The molecule has 0 aromatic carbocycles. The molecule has 4 heavy (non-hydrogen) atoms. The highest BCUT2D eigenvalue weighted by Crippen LogP contribution is 1.65. The SMILES string of the molecule is [2H]C(=O)C([2H])([2H])Br. The van der Waals surface area contributed by atoms with Gasteiger partial charge in [0.2, 0.25) is 0 Å². The summed E-state index contributed by atoms with van der Waals surface area (Å²) in [6.07, 6.45) is -1.26. The Bertz CT molecular complexity index is 85.4. The Balaban J connectivity index is 3.79. The summed E-state index contributed by atoms with van der Waals surface area (Å²) in [5.41, 5.74) is 0. The van der Waals surface area contributed by atoms with Crippen molar-refractivity contribution >= 4 is 22.2 Å². The van der Waals surface area contributed by atoms with Crippen molar-refractivity contribution in [2.75, 3.05) is 5.28 Å². The van der Waals surface area contributed by atoms with Crippen molar-refractivity contribution in [1.29, 1.82) is 0 Å². The topological polar surface area (TPSA) is 17.1 Å². The molecule has 0 aliphatic heterocycles. The van der Waals surface area contributed by atoms with E-state index in [1.165, 1.54) is 0 Å². The van der Waals surface area contributed by atoms with Crippen LogP contribution >= 0.6 is 15.9 Å². The van der Waals surface area contributed by atoms with E-state index >= 15 is 0 Å². The number of halogens is 1. The highest BCUT2D eigenvalue weighted by molar-refractivity contribution is 9.09. The molecule has 0 heterocycles. The Hall–Kier alpha value is 0.150. The number of alkyl halides is 1. The quantitative estimate of drug-likeness (QED) is 0.371. The Morgan fingerprint density at radius 2 is 3.00 bits per heavy atom. The maximum atomic E-state index is 9.71. The van der Waals surface area contributed by atoms with Gasteiger partial charge in [0.15, 0.2) is 0 Å². The summed E-state index contributed by atoms with van der Waals surface area (Å²) in [6, 6.07) is 0. The molecule has 24 valence electrons. The summed E-state index contributed by atoms with van der Waals surface area (Å²) in [7, 11) is 0. The average Bonchev–Trinajstić information content (AvgIpc) is 1.31. The molecule has 0 bridgehead atoms. The summed E-state index contributed by atoms with van der Waals surface area (Å²) in [6.45, 7) is 0. The molecule has 2 heteroatoms. The van der Waals surface area contributed by atoms with Gasteiger partial charge in [-0.25, -0.2) is 0 Å². The van der Waals surface area contributed by atoms with Crippen molar-refractivity contribution in [3.05, 3.63) is 0 Å². The van der Waals surface area contributed by atoms with Gasteiger partial charge in [0.25, 0.3) is 0 Å². The predicted molar refractivity (Wildman–Crippen MR) is 19.9 cm³/mol. The van der Waals surface area contributed by atoms with Crippen LogP contribution < -0.4 is 0 Å². The molecule has 0 aliphatic carbocycles. The van der Waals surface area contributed by atoms with E-state index in [1.54, 1.807) is 0 Å². The first-order chi connectivity index (χ1) is 2.94. The third-order valence-corrected chi connectivity index (χ3v) is 0.200. The smallest absolute Gasteiger partial charge is 0.130 e. The fourth-order valence-corrected chi connectivity index (χ4v) is 0. The molecule has 0 aliphatic rings. The molecule has 0 saturated carbocycles. The van der Waals surface area contributed by atoms with E-state index in [0.29, 0.717) is 0 Å². The molecular formula is C2H3BrO. The standard InChI is InChI=1S/C2H3BrO/c3-1-2-4/h2H,1H2/i1D2,2D. The van der Waals surface area contributed by atoms with Gasteiger partial charge in [-0.15, -0.1) is 0 Å². The summed E-state index contributed by atoms with van der Waals surface area (Å²) < 4.78 is 19.0. The monoisotopic (exact) mass is 125 g/mol. The maximum absolute atomic E-state index is 9.71. The zero-order valence-corrected chi connectivity index (χ0v) is 3.37. The molecular weight excluding hydrogens is 120 g/mol. The van der Waals surface area contributed by atoms with E-state index in [4.69, 9.17) is 4.11 Å². The normalized spacial score (nSPS) is 20.8. The molecule has 0 spiro atoms. The van der Waals surface area contributed by atoms with Crippen molar-refractivity contribution < 1.29 is 8.91 Å². The summed E-state index contributed by atoms with van der Waals surface area (Å²) in [5.74, 6) is 0. The number of carbonyl (C=O) groups excluding carboxylic acids is 1. The van der Waals surface area contributed by atoms with Crippen LogP contribution in [0.1, 0.15) is 4.11 Å². The first-order valence-electron chi connectivity index (χ1n) is 2.14. The Morgan fingerprint density at radius 3 is 3.00 bits per heavy atom. The number of hydrogen-bond acceptors (Lipinski definition) is 1. The second-order valence-corrected chi connectivity index (χ2v) is 0.593. The highest BCUT2D eigenvalue weighted by atomic mass is 79.9. The van der Waals surface area contributed by atoms with Gasteiger partial charge in [0.05, 0.1) is 5.28 Å². The molecule has 0 atom stereocenters. The average molecular weight is 126 g/mol. The van der Waals surface area contributed by atoms with Crippen LogP contribution in [-0.2, 0) is 4.79 Å². The lowest BCUT2D eigenvalue weighted by molar-refractivity contribution is -0.105. The van der Waals surface area contributed by atoms with Crippen molar-refractivity contribution in [1.82, 2.24) is 0 Å². The second kappa shape index (κ2) is 3.15. The lowest BCUT2D eigenvalue weighted by atomic mass is 11.0. The van der Waals surface area contributed by atoms with Gasteiger partial charge in [-0.05, 0) is 0 Å². The number of carbonyl (C=O) groups is 1. The lowest BCUT2D eigenvalue weighted by Crippen LogP contribution is -1.61. The van der Waals surface area contributed by atoms with Crippen LogP contribution in [-0.4, -0.2) is 11.5 Å². The molecule has 0 amide bonds. The third kappa shape index (κ3) is 2.15. The summed E-state index contributed by atoms with van der Waals surface area (Å²) in [4.78, 5) is 9.71. The summed E-state index contributed by atoms with van der Waals surface area (Å²) in [5, 5.41) is -2.16. The lowest BCUT2D eigenvalue weighted by Gasteiger charge is -1.49. The van der Waals surface area contributed by atoms with Crippen molar-refractivity contribution in [3.63, 3.8) is 0 Å². The van der Waals surface area contributed by atoms with Crippen LogP contribution in [0.25, 0.3) is 0 Å². The molecule has 1 nitrogen and oxygen atoms in total. The first-order valence-corrected chi connectivity index (χ1v) is 1.44. The van der Waals surface area contributed by atoms with E-state index in [9.17, 15) is 4.79 Å². The van der Waals surface area contributed by atoms with Gasteiger partial charge in [0.1, 0.15) is 7.63 Å². The van der Waals surface area contributed by atoms with Crippen LogP contribution in [0.5, 0.6) is 0 Å². The van der Waals surface area contributed by atoms with Crippen molar-refractivity contribution in [2.24, 2.45) is 0 Å². The number of rotatable bonds is 1. The molecule has 0 N–H and O–H groups in total. The zero-order valence-electron chi connectivity index (χ0n) is 4.79. The minimum atomic E-state index is -2.16. The van der Waals surface area contributed by atoms with Crippen LogP contribution in [0, 0.1) is 0 Å². The van der Waals surface area contributed by atoms with Crippen LogP contribution in [0.4, 0.5) is 0 Å². The van der Waals surface area contributed by atoms with Crippen molar-refractivity contribution in [2.45, 2.75) is 0 Å². The van der Waals surface area contributed by atoms with Gasteiger partial charge in [0, 0.05) is 2.74 Å². The summed E-state index contributed by atoms with van der Waals surface area (Å²) >= 11 is 2.34. The highest BCUT2D eigenvalue weighted by Gasteiger charge is 1.55.